The van der Waals surface area contributed by atoms with E-state index >= 15 is 0 Å². The Morgan fingerprint density at radius 1 is 1.41 bits per heavy atom. The molecule has 0 fully saturated rings. The molecule has 5 heteroatoms. The van der Waals surface area contributed by atoms with Gasteiger partial charge in [-0.2, -0.15) is 0 Å². The van der Waals surface area contributed by atoms with Crippen molar-refractivity contribution in [1.29, 1.82) is 0 Å². The standard InChI is InChI=1S/C12H18N2OS2/c1-10-4-2-3-5-11(10)15-9-8-13-6-7-14-12(16)17/h2-5,13H,6-9H2,1H3,(H2,14,16,17)/p+1. The number of aryl methyl sites for hydroxylation is 1. The molecule has 3 nitrogen and oxygen atoms in total. The van der Waals surface area contributed by atoms with Crippen molar-refractivity contribution in [2.45, 2.75) is 6.92 Å². The molecular weight excluding hydrogens is 252 g/mol. The van der Waals surface area contributed by atoms with Crippen LogP contribution in [-0.4, -0.2) is 30.6 Å². The van der Waals surface area contributed by atoms with Crippen LogP contribution in [0.15, 0.2) is 24.3 Å². The number of para-hydroxylation sites is 1. The fourth-order valence-corrected chi connectivity index (χ4v) is 1.61. The van der Waals surface area contributed by atoms with Crippen LogP contribution >= 0.6 is 24.8 Å². The van der Waals surface area contributed by atoms with E-state index < -0.39 is 0 Å². The SMILES string of the molecule is Cc1ccccc1OCC[NH2+]CCNC(=S)S. The van der Waals surface area contributed by atoms with Crippen LogP contribution in [0.3, 0.4) is 0 Å². The zero-order valence-corrected chi connectivity index (χ0v) is 11.7. The van der Waals surface area contributed by atoms with Crippen LogP contribution in [0, 0.1) is 6.92 Å². The minimum absolute atomic E-state index is 0.551. The van der Waals surface area contributed by atoms with Gasteiger partial charge in [0.05, 0.1) is 13.1 Å². The Morgan fingerprint density at radius 2 is 2.18 bits per heavy atom. The summed E-state index contributed by atoms with van der Waals surface area (Å²) < 4.78 is 6.22. The Kier molecular flexibility index (Phi) is 7.00. The van der Waals surface area contributed by atoms with Gasteiger partial charge in [0, 0.05) is 0 Å². The number of hydrogen-bond donors (Lipinski definition) is 3. The van der Waals surface area contributed by atoms with Crippen LogP contribution in [0.4, 0.5) is 0 Å². The summed E-state index contributed by atoms with van der Waals surface area (Å²) in [4.78, 5) is 0. The van der Waals surface area contributed by atoms with E-state index in [1.807, 2.05) is 18.2 Å². The number of nitrogens with two attached hydrogens (primary N) is 1. The minimum Gasteiger partial charge on any atom is -0.487 e. The number of rotatable bonds is 7. The van der Waals surface area contributed by atoms with E-state index in [2.05, 4.69) is 36.3 Å². The molecule has 1 aromatic rings. The van der Waals surface area contributed by atoms with E-state index in [4.69, 9.17) is 17.0 Å². The van der Waals surface area contributed by atoms with Crippen molar-refractivity contribution >= 4 is 29.2 Å². The minimum atomic E-state index is 0.551. The summed E-state index contributed by atoms with van der Waals surface area (Å²) in [7, 11) is 0. The number of benzene rings is 1. The van der Waals surface area contributed by atoms with Gasteiger partial charge in [0.25, 0.3) is 0 Å². The number of hydrogen-bond acceptors (Lipinski definition) is 2. The van der Waals surface area contributed by atoms with Crippen molar-refractivity contribution in [2.24, 2.45) is 0 Å². The van der Waals surface area contributed by atoms with E-state index in [1.165, 1.54) is 5.56 Å². The van der Waals surface area contributed by atoms with Crippen molar-refractivity contribution < 1.29 is 10.1 Å². The van der Waals surface area contributed by atoms with Gasteiger partial charge in [-0.1, -0.05) is 30.4 Å². The Bertz CT molecular complexity index is 358. The van der Waals surface area contributed by atoms with Gasteiger partial charge >= 0.3 is 0 Å². The normalized spacial score (nSPS) is 10.0. The van der Waals surface area contributed by atoms with Gasteiger partial charge in [0.1, 0.15) is 23.2 Å². The summed E-state index contributed by atoms with van der Waals surface area (Å²) in [6.07, 6.45) is 0. The lowest BCUT2D eigenvalue weighted by molar-refractivity contribution is -0.653. The first-order valence-electron chi connectivity index (χ1n) is 5.67. The monoisotopic (exact) mass is 271 g/mol. The smallest absolute Gasteiger partial charge is 0.137 e. The van der Waals surface area contributed by atoms with Crippen molar-refractivity contribution in [2.75, 3.05) is 26.2 Å². The molecule has 0 spiro atoms. The molecule has 1 aromatic carbocycles. The first kappa shape index (κ1) is 14.3. The summed E-state index contributed by atoms with van der Waals surface area (Å²) in [5, 5.41) is 5.18. The summed E-state index contributed by atoms with van der Waals surface area (Å²) in [5.74, 6) is 0.968. The molecule has 0 atom stereocenters. The maximum Gasteiger partial charge on any atom is 0.137 e. The topological polar surface area (TPSA) is 37.9 Å². The van der Waals surface area contributed by atoms with Crippen LogP contribution in [0.1, 0.15) is 5.56 Å². The molecule has 0 amide bonds. The summed E-state index contributed by atoms with van der Waals surface area (Å²) in [6, 6.07) is 8.05. The van der Waals surface area contributed by atoms with Crippen LogP contribution in [0.5, 0.6) is 5.75 Å². The lowest BCUT2D eigenvalue weighted by atomic mass is 10.2. The average Bonchev–Trinajstić information content (AvgIpc) is 2.30. The van der Waals surface area contributed by atoms with Crippen molar-refractivity contribution in [3.05, 3.63) is 29.8 Å². The van der Waals surface area contributed by atoms with Crippen molar-refractivity contribution in [1.82, 2.24) is 5.32 Å². The summed E-state index contributed by atoms with van der Waals surface area (Å²) in [5.41, 5.74) is 1.18. The van der Waals surface area contributed by atoms with Gasteiger partial charge in [0.2, 0.25) is 0 Å². The largest absolute Gasteiger partial charge is 0.487 e. The Morgan fingerprint density at radius 3 is 2.88 bits per heavy atom. The molecule has 0 aliphatic heterocycles. The Labute approximate surface area is 113 Å². The van der Waals surface area contributed by atoms with Crippen LogP contribution < -0.4 is 15.4 Å². The molecule has 0 heterocycles. The van der Waals surface area contributed by atoms with Crippen molar-refractivity contribution in [3.63, 3.8) is 0 Å². The van der Waals surface area contributed by atoms with Gasteiger partial charge < -0.3 is 15.4 Å². The lowest BCUT2D eigenvalue weighted by Gasteiger charge is -2.08. The predicted octanol–water partition coefficient (Wildman–Crippen LogP) is 0.742. The van der Waals surface area contributed by atoms with E-state index in [1.54, 1.807) is 0 Å². The molecule has 0 aliphatic carbocycles. The maximum absolute atomic E-state index is 5.67. The molecule has 0 aromatic heterocycles. The Balaban J connectivity index is 2.05. The van der Waals surface area contributed by atoms with Gasteiger partial charge in [-0.05, 0) is 18.6 Å². The number of nitrogens with one attached hydrogen (secondary N) is 1. The molecule has 94 valence electrons. The van der Waals surface area contributed by atoms with Gasteiger partial charge in [0.15, 0.2) is 0 Å². The second-order valence-corrected chi connectivity index (χ2v) is 4.87. The fourth-order valence-electron chi connectivity index (χ4n) is 1.40. The van der Waals surface area contributed by atoms with Crippen molar-refractivity contribution in [3.8, 4) is 5.75 Å². The lowest BCUT2D eigenvalue weighted by Crippen LogP contribution is -2.86. The second-order valence-electron chi connectivity index (χ2n) is 3.71. The molecule has 0 unspecified atom stereocenters. The second kappa shape index (κ2) is 8.33. The zero-order valence-electron chi connectivity index (χ0n) is 9.98. The highest BCUT2D eigenvalue weighted by Crippen LogP contribution is 2.15. The molecule has 17 heavy (non-hydrogen) atoms. The number of thiol groups is 1. The van der Waals surface area contributed by atoms with Crippen LogP contribution in [-0.2, 0) is 0 Å². The molecule has 0 aliphatic rings. The van der Waals surface area contributed by atoms with E-state index in [0.29, 0.717) is 4.32 Å². The number of ether oxygens (including phenoxy) is 1. The fraction of sp³-hybridized carbons (Fsp3) is 0.417. The molecule has 0 saturated carbocycles. The summed E-state index contributed by atoms with van der Waals surface area (Å²) >= 11 is 8.77. The molecule has 0 saturated heterocycles. The molecule has 0 bridgehead atoms. The molecule has 1 rings (SSSR count). The third kappa shape index (κ3) is 6.51. The third-order valence-corrected chi connectivity index (χ3v) is 2.60. The molecular formula is C12H19N2OS2+. The summed E-state index contributed by atoms with van der Waals surface area (Å²) in [6.45, 7) is 5.52. The van der Waals surface area contributed by atoms with Gasteiger partial charge in [-0.15, -0.1) is 12.6 Å². The highest BCUT2D eigenvalue weighted by atomic mass is 32.1. The van der Waals surface area contributed by atoms with Crippen LogP contribution in [0.2, 0.25) is 0 Å². The zero-order chi connectivity index (χ0) is 12.5. The average molecular weight is 271 g/mol. The first-order valence-corrected chi connectivity index (χ1v) is 6.52. The quantitative estimate of drug-likeness (QED) is 0.389. The van der Waals surface area contributed by atoms with E-state index in [9.17, 15) is 0 Å². The van der Waals surface area contributed by atoms with Crippen LogP contribution in [0.25, 0.3) is 0 Å². The highest BCUT2D eigenvalue weighted by molar-refractivity contribution is 8.11. The molecule has 0 radical (unpaired) electrons. The van der Waals surface area contributed by atoms with Gasteiger partial charge in [-0.25, -0.2) is 0 Å². The van der Waals surface area contributed by atoms with E-state index in [0.717, 1.165) is 32.0 Å². The first-order chi connectivity index (χ1) is 8.20. The number of quaternary nitrogens is 1. The Hall–Kier alpha value is -0.780. The van der Waals surface area contributed by atoms with Gasteiger partial charge in [-0.3, -0.25) is 0 Å². The molecule has 3 N–H and O–H groups in total. The predicted molar refractivity (Wildman–Crippen MR) is 77.9 cm³/mol. The maximum atomic E-state index is 5.67. The van der Waals surface area contributed by atoms with E-state index in [-0.39, 0.29) is 0 Å². The highest BCUT2D eigenvalue weighted by Gasteiger charge is 1.98. The number of thiocarbonyl (C=S) groups is 1. The third-order valence-electron chi connectivity index (χ3n) is 2.30.